The van der Waals surface area contributed by atoms with Gasteiger partial charge in [-0.05, 0) is 18.2 Å². The highest BCUT2D eigenvalue weighted by Gasteiger charge is 2.31. The molecule has 0 bridgehead atoms. The van der Waals surface area contributed by atoms with Crippen molar-refractivity contribution in [2.45, 2.75) is 6.18 Å². The minimum atomic E-state index is -4.55. The van der Waals surface area contributed by atoms with Crippen molar-refractivity contribution in [2.75, 3.05) is 37.6 Å². The van der Waals surface area contributed by atoms with E-state index in [-0.39, 0.29) is 11.6 Å². The van der Waals surface area contributed by atoms with E-state index in [4.69, 9.17) is 16.3 Å². The lowest BCUT2D eigenvalue weighted by molar-refractivity contribution is -0.137. The van der Waals surface area contributed by atoms with Crippen LogP contribution in [0.4, 0.5) is 23.2 Å². The second kappa shape index (κ2) is 6.96. The highest BCUT2D eigenvalue weighted by Crippen LogP contribution is 2.32. The van der Waals surface area contributed by atoms with Gasteiger partial charge < -0.3 is 9.64 Å². The zero-order valence-electron chi connectivity index (χ0n) is 10.3. The standard InChI is InChI=1S/C12H14ClF4NO/c1-19-7-6-18(5-4-13)11-3-2-9(8-10(11)14)12(15,16)17/h2-3,8H,4-7H2,1H3. The number of hydrogen-bond acceptors (Lipinski definition) is 2. The number of alkyl halides is 4. The van der Waals surface area contributed by atoms with Crippen molar-refractivity contribution in [3.8, 4) is 0 Å². The van der Waals surface area contributed by atoms with Crippen molar-refractivity contribution in [3.63, 3.8) is 0 Å². The van der Waals surface area contributed by atoms with Gasteiger partial charge in [0, 0.05) is 26.1 Å². The fourth-order valence-electron chi connectivity index (χ4n) is 1.60. The zero-order chi connectivity index (χ0) is 14.5. The van der Waals surface area contributed by atoms with Crippen molar-refractivity contribution >= 4 is 17.3 Å². The summed E-state index contributed by atoms with van der Waals surface area (Å²) in [4.78, 5) is 1.55. The summed E-state index contributed by atoms with van der Waals surface area (Å²) in [5.74, 6) is -0.680. The lowest BCUT2D eigenvalue weighted by atomic mass is 10.1. The Morgan fingerprint density at radius 2 is 1.95 bits per heavy atom. The Morgan fingerprint density at radius 1 is 1.26 bits per heavy atom. The Kier molecular flexibility index (Phi) is 5.87. The van der Waals surface area contributed by atoms with Crippen LogP contribution in [0.15, 0.2) is 18.2 Å². The summed E-state index contributed by atoms with van der Waals surface area (Å²) in [6, 6.07) is 2.45. The summed E-state index contributed by atoms with van der Waals surface area (Å²) in [5, 5.41) is 0. The van der Waals surface area contributed by atoms with Crippen molar-refractivity contribution < 1.29 is 22.3 Å². The third kappa shape index (κ3) is 4.54. The second-order valence-electron chi connectivity index (χ2n) is 3.83. The molecule has 0 aliphatic heterocycles. The van der Waals surface area contributed by atoms with E-state index >= 15 is 0 Å². The number of nitrogens with zero attached hydrogens (tertiary/aromatic N) is 1. The van der Waals surface area contributed by atoms with Crippen LogP contribution in [0.1, 0.15) is 5.56 Å². The lowest BCUT2D eigenvalue weighted by Crippen LogP contribution is -2.30. The number of rotatable bonds is 6. The Labute approximate surface area is 113 Å². The first-order valence-electron chi connectivity index (χ1n) is 5.56. The van der Waals surface area contributed by atoms with Crippen LogP contribution in [0.3, 0.4) is 0 Å². The maximum absolute atomic E-state index is 13.8. The van der Waals surface area contributed by atoms with E-state index in [1.54, 1.807) is 4.90 Å². The summed E-state index contributed by atoms with van der Waals surface area (Å²) in [7, 11) is 1.49. The zero-order valence-corrected chi connectivity index (χ0v) is 11.1. The quantitative estimate of drug-likeness (QED) is 0.588. The van der Waals surface area contributed by atoms with E-state index in [1.165, 1.54) is 7.11 Å². The Bertz CT molecular complexity index is 411. The van der Waals surface area contributed by atoms with Crippen LogP contribution in [-0.4, -0.2) is 32.7 Å². The van der Waals surface area contributed by atoms with Crippen LogP contribution in [0.25, 0.3) is 0 Å². The van der Waals surface area contributed by atoms with Crippen molar-refractivity contribution in [3.05, 3.63) is 29.6 Å². The molecule has 0 aromatic heterocycles. The fraction of sp³-hybridized carbons (Fsp3) is 0.500. The molecule has 0 saturated heterocycles. The van der Waals surface area contributed by atoms with Crippen LogP contribution in [0.2, 0.25) is 0 Å². The number of halogens is 5. The SMILES string of the molecule is COCCN(CCCl)c1ccc(C(F)(F)F)cc1F. The predicted octanol–water partition coefficient (Wildman–Crippen LogP) is 3.54. The predicted molar refractivity (Wildman–Crippen MR) is 66.2 cm³/mol. The molecular weight excluding hydrogens is 286 g/mol. The van der Waals surface area contributed by atoms with Crippen LogP contribution < -0.4 is 4.90 Å². The van der Waals surface area contributed by atoms with Gasteiger partial charge in [0.25, 0.3) is 0 Å². The average molecular weight is 300 g/mol. The first-order valence-corrected chi connectivity index (χ1v) is 6.10. The van der Waals surface area contributed by atoms with E-state index in [1.807, 2.05) is 0 Å². The molecule has 0 amide bonds. The Morgan fingerprint density at radius 3 is 2.42 bits per heavy atom. The maximum atomic E-state index is 13.8. The highest BCUT2D eigenvalue weighted by atomic mass is 35.5. The van der Waals surface area contributed by atoms with E-state index in [9.17, 15) is 17.6 Å². The van der Waals surface area contributed by atoms with Crippen molar-refractivity contribution in [1.29, 1.82) is 0 Å². The van der Waals surface area contributed by atoms with Crippen LogP contribution in [0.5, 0.6) is 0 Å². The summed E-state index contributed by atoms with van der Waals surface area (Å²) in [6.07, 6.45) is -4.55. The molecule has 19 heavy (non-hydrogen) atoms. The molecule has 7 heteroatoms. The smallest absolute Gasteiger partial charge is 0.383 e. The van der Waals surface area contributed by atoms with Crippen LogP contribution in [-0.2, 0) is 10.9 Å². The molecule has 0 spiro atoms. The van der Waals surface area contributed by atoms with Gasteiger partial charge in [-0.2, -0.15) is 13.2 Å². The monoisotopic (exact) mass is 299 g/mol. The Hall–Kier alpha value is -1.01. The molecule has 0 aliphatic carbocycles. The fourth-order valence-corrected chi connectivity index (χ4v) is 1.80. The van der Waals surface area contributed by atoms with Gasteiger partial charge in [0.15, 0.2) is 0 Å². The molecule has 0 radical (unpaired) electrons. The van der Waals surface area contributed by atoms with Gasteiger partial charge in [-0.3, -0.25) is 0 Å². The van der Waals surface area contributed by atoms with Crippen LogP contribution >= 0.6 is 11.6 Å². The van der Waals surface area contributed by atoms with Gasteiger partial charge in [-0.25, -0.2) is 4.39 Å². The first-order chi connectivity index (χ1) is 8.90. The highest BCUT2D eigenvalue weighted by molar-refractivity contribution is 6.18. The summed E-state index contributed by atoms with van der Waals surface area (Å²) in [6.45, 7) is 1.01. The lowest BCUT2D eigenvalue weighted by Gasteiger charge is -2.24. The first kappa shape index (κ1) is 16.0. The molecule has 0 N–H and O–H groups in total. The van der Waals surface area contributed by atoms with Crippen molar-refractivity contribution in [1.82, 2.24) is 0 Å². The second-order valence-corrected chi connectivity index (χ2v) is 4.21. The number of benzene rings is 1. The van der Waals surface area contributed by atoms with Gasteiger partial charge in [-0.15, -0.1) is 11.6 Å². The average Bonchev–Trinajstić information content (AvgIpc) is 2.33. The van der Waals surface area contributed by atoms with Gasteiger partial charge in [0.1, 0.15) is 5.82 Å². The third-order valence-electron chi connectivity index (χ3n) is 2.54. The molecule has 1 aromatic rings. The van der Waals surface area contributed by atoms with E-state index in [0.717, 1.165) is 12.1 Å². The van der Waals surface area contributed by atoms with E-state index < -0.39 is 17.6 Å². The summed E-state index contributed by atoms with van der Waals surface area (Å²) >= 11 is 5.60. The Balaban J connectivity index is 2.97. The molecule has 0 unspecified atom stereocenters. The molecule has 0 fully saturated rings. The molecule has 0 atom stereocenters. The van der Waals surface area contributed by atoms with E-state index in [0.29, 0.717) is 25.8 Å². The topological polar surface area (TPSA) is 12.5 Å². The minimum absolute atomic E-state index is 0.0886. The molecule has 2 nitrogen and oxygen atoms in total. The molecular formula is C12H14ClF4NO. The molecule has 108 valence electrons. The van der Waals surface area contributed by atoms with Gasteiger partial charge >= 0.3 is 6.18 Å². The molecule has 1 rings (SSSR count). The van der Waals surface area contributed by atoms with Gasteiger partial charge in [0.2, 0.25) is 0 Å². The molecule has 0 heterocycles. The van der Waals surface area contributed by atoms with Gasteiger partial charge in [-0.1, -0.05) is 0 Å². The number of anilines is 1. The number of ether oxygens (including phenoxy) is 1. The minimum Gasteiger partial charge on any atom is -0.383 e. The summed E-state index contributed by atoms with van der Waals surface area (Å²) < 4.78 is 55.9. The summed E-state index contributed by atoms with van der Waals surface area (Å²) in [5.41, 5.74) is -0.919. The molecule has 0 aliphatic rings. The van der Waals surface area contributed by atoms with Crippen molar-refractivity contribution in [2.24, 2.45) is 0 Å². The largest absolute Gasteiger partial charge is 0.416 e. The third-order valence-corrected chi connectivity index (χ3v) is 2.70. The maximum Gasteiger partial charge on any atom is 0.416 e. The number of methoxy groups -OCH3 is 1. The molecule has 1 aromatic carbocycles. The number of hydrogen-bond donors (Lipinski definition) is 0. The van der Waals surface area contributed by atoms with Gasteiger partial charge in [0.05, 0.1) is 17.9 Å². The molecule has 0 saturated carbocycles. The van der Waals surface area contributed by atoms with E-state index in [2.05, 4.69) is 0 Å². The van der Waals surface area contributed by atoms with Crippen LogP contribution in [0, 0.1) is 5.82 Å². The normalized spacial score (nSPS) is 11.7.